The summed E-state index contributed by atoms with van der Waals surface area (Å²) in [4.78, 5) is 35.7. The fourth-order valence-corrected chi connectivity index (χ4v) is 3.83. The summed E-state index contributed by atoms with van der Waals surface area (Å²) in [6, 6.07) is 6.22. The van der Waals surface area contributed by atoms with E-state index >= 15 is 0 Å². The minimum Gasteiger partial charge on any atom is -0.454 e. The van der Waals surface area contributed by atoms with Crippen LogP contribution in [0.15, 0.2) is 24.3 Å². The first-order valence-electron chi connectivity index (χ1n) is 8.96. The van der Waals surface area contributed by atoms with Gasteiger partial charge in [0.1, 0.15) is 6.04 Å². The van der Waals surface area contributed by atoms with Crippen LogP contribution >= 0.6 is 0 Å². The van der Waals surface area contributed by atoms with Crippen LogP contribution in [0, 0.1) is 0 Å². The van der Waals surface area contributed by atoms with Crippen molar-refractivity contribution in [3.63, 3.8) is 0 Å². The lowest BCUT2D eigenvalue weighted by Crippen LogP contribution is -2.49. The fraction of sp³-hybridized carbons (Fsp3) is 0.500. The molecule has 10 heteroatoms. The van der Waals surface area contributed by atoms with Gasteiger partial charge in [-0.2, -0.15) is 4.31 Å². The molecule has 0 unspecified atom stereocenters. The molecular weight excluding hydrogens is 386 g/mol. The number of hydrogen-bond acceptors (Lipinski definition) is 6. The fourth-order valence-electron chi connectivity index (χ4n) is 2.84. The molecule has 1 aromatic rings. The van der Waals surface area contributed by atoms with Crippen LogP contribution in [-0.4, -0.2) is 62.5 Å². The SMILES string of the molecule is CCCNC(=O)CNC(=O)COC(=O)[C@@H]1Cc2ccccc2CN1S(C)(=O)=O. The van der Waals surface area contributed by atoms with Crippen LogP contribution in [0.1, 0.15) is 24.5 Å². The van der Waals surface area contributed by atoms with Crippen LogP contribution in [0.25, 0.3) is 0 Å². The molecule has 0 saturated carbocycles. The van der Waals surface area contributed by atoms with E-state index in [1.165, 1.54) is 0 Å². The average molecular weight is 411 g/mol. The Balaban J connectivity index is 1.94. The third kappa shape index (κ3) is 6.03. The molecule has 28 heavy (non-hydrogen) atoms. The standard InChI is InChI=1S/C18H25N3O6S/c1-3-8-19-16(22)10-20-17(23)12-27-18(24)15-9-13-6-4-5-7-14(13)11-21(15)28(2,25)26/h4-7,15H,3,8-12H2,1-2H3,(H,19,22)(H,20,23)/t15-/m0/s1. The van der Waals surface area contributed by atoms with Crippen LogP contribution in [-0.2, 0) is 42.1 Å². The monoisotopic (exact) mass is 411 g/mol. The summed E-state index contributed by atoms with van der Waals surface area (Å²) in [6.07, 6.45) is 1.98. The largest absolute Gasteiger partial charge is 0.454 e. The summed E-state index contributed by atoms with van der Waals surface area (Å²) < 4.78 is 30.3. The van der Waals surface area contributed by atoms with Crippen molar-refractivity contribution in [2.24, 2.45) is 0 Å². The Morgan fingerprint density at radius 1 is 1.14 bits per heavy atom. The van der Waals surface area contributed by atoms with Crippen molar-refractivity contribution in [2.45, 2.75) is 32.4 Å². The zero-order valence-corrected chi connectivity index (χ0v) is 16.8. The highest BCUT2D eigenvalue weighted by Gasteiger charge is 2.38. The highest BCUT2D eigenvalue weighted by Crippen LogP contribution is 2.26. The Morgan fingerprint density at radius 2 is 1.82 bits per heavy atom. The first kappa shape index (κ1) is 21.8. The molecule has 0 aromatic heterocycles. The minimum atomic E-state index is -3.65. The second-order valence-electron chi connectivity index (χ2n) is 6.53. The zero-order chi connectivity index (χ0) is 20.7. The summed E-state index contributed by atoms with van der Waals surface area (Å²) >= 11 is 0. The van der Waals surface area contributed by atoms with Crippen molar-refractivity contribution >= 4 is 27.8 Å². The lowest BCUT2D eigenvalue weighted by Gasteiger charge is -2.33. The highest BCUT2D eigenvalue weighted by atomic mass is 32.2. The third-order valence-corrected chi connectivity index (χ3v) is 5.50. The quantitative estimate of drug-likeness (QED) is 0.559. The molecule has 0 spiro atoms. The molecule has 1 atom stereocenters. The number of fused-ring (bicyclic) bond motifs is 1. The van der Waals surface area contributed by atoms with Crippen LogP contribution in [0.2, 0.25) is 0 Å². The van der Waals surface area contributed by atoms with E-state index in [2.05, 4.69) is 10.6 Å². The number of sulfonamides is 1. The lowest BCUT2D eigenvalue weighted by molar-refractivity contribution is -0.152. The Morgan fingerprint density at radius 3 is 2.46 bits per heavy atom. The molecule has 0 radical (unpaired) electrons. The highest BCUT2D eigenvalue weighted by molar-refractivity contribution is 7.88. The molecule has 0 fully saturated rings. The van der Waals surface area contributed by atoms with E-state index in [1.54, 1.807) is 6.07 Å². The molecule has 0 bridgehead atoms. The molecule has 0 saturated heterocycles. The van der Waals surface area contributed by atoms with Gasteiger partial charge < -0.3 is 15.4 Å². The number of nitrogens with one attached hydrogen (secondary N) is 2. The number of rotatable bonds is 8. The molecule has 1 heterocycles. The first-order valence-corrected chi connectivity index (χ1v) is 10.8. The van der Waals surface area contributed by atoms with Crippen molar-refractivity contribution in [1.82, 2.24) is 14.9 Å². The Bertz CT molecular complexity index is 839. The van der Waals surface area contributed by atoms with Gasteiger partial charge in [0.05, 0.1) is 12.8 Å². The Kier molecular flexibility index (Phi) is 7.53. The summed E-state index contributed by atoms with van der Waals surface area (Å²) in [7, 11) is -3.65. The number of ether oxygens (including phenoxy) is 1. The predicted octanol–water partition coefficient (Wildman–Crippen LogP) is -0.441. The van der Waals surface area contributed by atoms with E-state index in [9.17, 15) is 22.8 Å². The van der Waals surface area contributed by atoms with Gasteiger partial charge in [-0.25, -0.2) is 8.42 Å². The average Bonchev–Trinajstić information content (AvgIpc) is 2.67. The normalized spacial score (nSPS) is 16.7. The molecule has 2 N–H and O–H groups in total. The predicted molar refractivity (Wildman–Crippen MR) is 102 cm³/mol. The maximum atomic E-state index is 12.5. The number of carbonyl (C=O) groups is 3. The van der Waals surface area contributed by atoms with Crippen molar-refractivity contribution in [2.75, 3.05) is 26.0 Å². The van der Waals surface area contributed by atoms with Crippen LogP contribution in [0.3, 0.4) is 0 Å². The van der Waals surface area contributed by atoms with Gasteiger partial charge in [0.2, 0.25) is 15.9 Å². The second kappa shape index (κ2) is 9.65. The van der Waals surface area contributed by atoms with Gasteiger partial charge in [-0.05, 0) is 17.5 Å². The van der Waals surface area contributed by atoms with Crippen LogP contribution in [0.4, 0.5) is 0 Å². The molecule has 1 aliphatic heterocycles. The second-order valence-corrected chi connectivity index (χ2v) is 8.47. The van der Waals surface area contributed by atoms with E-state index in [-0.39, 0.29) is 25.4 Å². The molecule has 9 nitrogen and oxygen atoms in total. The number of nitrogens with zero attached hydrogens (tertiary/aromatic N) is 1. The minimum absolute atomic E-state index is 0.0680. The van der Waals surface area contributed by atoms with Gasteiger partial charge in [-0.15, -0.1) is 0 Å². The molecule has 2 amide bonds. The van der Waals surface area contributed by atoms with Gasteiger partial charge in [0.15, 0.2) is 6.61 Å². The number of amides is 2. The van der Waals surface area contributed by atoms with E-state index in [4.69, 9.17) is 4.74 Å². The third-order valence-electron chi connectivity index (χ3n) is 4.27. The molecule has 1 aliphatic rings. The van der Waals surface area contributed by atoms with Gasteiger partial charge >= 0.3 is 5.97 Å². The molecule has 0 aliphatic carbocycles. The number of benzene rings is 1. The molecule has 2 rings (SSSR count). The van der Waals surface area contributed by atoms with Crippen molar-refractivity contribution in [3.8, 4) is 0 Å². The van der Waals surface area contributed by atoms with Crippen molar-refractivity contribution in [1.29, 1.82) is 0 Å². The first-order chi connectivity index (χ1) is 13.2. The van der Waals surface area contributed by atoms with Gasteiger partial charge in [0, 0.05) is 19.5 Å². The van der Waals surface area contributed by atoms with E-state index in [1.807, 2.05) is 25.1 Å². The molecule has 1 aromatic carbocycles. The van der Waals surface area contributed by atoms with E-state index < -0.39 is 34.5 Å². The molecule has 154 valence electrons. The summed E-state index contributed by atoms with van der Waals surface area (Å²) in [5, 5.41) is 4.95. The van der Waals surface area contributed by atoms with Gasteiger partial charge in [-0.3, -0.25) is 14.4 Å². The lowest BCUT2D eigenvalue weighted by atomic mass is 9.96. The smallest absolute Gasteiger partial charge is 0.325 e. The Hall–Kier alpha value is -2.46. The maximum absolute atomic E-state index is 12.5. The summed E-state index contributed by atoms with van der Waals surface area (Å²) in [6.45, 7) is 1.67. The van der Waals surface area contributed by atoms with Crippen molar-refractivity contribution in [3.05, 3.63) is 35.4 Å². The van der Waals surface area contributed by atoms with Crippen LogP contribution < -0.4 is 10.6 Å². The van der Waals surface area contributed by atoms with E-state index in [0.29, 0.717) is 6.54 Å². The molecular formula is C18H25N3O6S. The zero-order valence-electron chi connectivity index (χ0n) is 15.9. The van der Waals surface area contributed by atoms with E-state index in [0.717, 1.165) is 28.1 Å². The number of carbonyl (C=O) groups excluding carboxylic acids is 3. The van der Waals surface area contributed by atoms with Gasteiger partial charge in [-0.1, -0.05) is 31.2 Å². The van der Waals surface area contributed by atoms with Gasteiger partial charge in [0.25, 0.3) is 5.91 Å². The number of hydrogen-bond donors (Lipinski definition) is 2. The Labute approximate surface area is 164 Å². The summed E-state index contributed by atoms with van der Waals surface area (Å²) in [5.74, 6) is -1.78. The number of esters is 1. The van der Waals surface area contributed by atoms with Crippen molar-refractivity contribution < 1.29 is 27.5 Å². The van der Waals surface area contributed by atoms with Crippen LogP contribution in [0.5, 0.6) is 0 Å². The topological polar surface area (TPSA) is 122 Å². The summed E-state index contributed by atoms with van der Waals surface area (Å²) in [5.41, 5.74) is 1.69. The maximum Gasteiger partial charge on any atom is 0.325 e.